The first kappa shape index (κ1) is 12.8. The molecule has 5 nitrogen and oxygen atoms in total. The summed E-state index contributed by atoms with van der Waals surface area (Å²) in [4.78, 5) is 1.86. The molecule has 0 aromatic heterocycles. The van der Waals surface area contributed by atoms with E-state index in [1.54, 1.807) is 0 Å². The lowest BCUT2D eigenvalue weighted by Gasteiger charge is -2.20. The first-order chi connectivity index (χ1) is 5.64. The van der Waals surface area contributed by atoms with Crippen LogP contribution in [0.15, 0.2) is 0 Å². The molecule has 0 aromatic rings. The maximum absolute atomic E-state index is 11.0. The number of hydrogen-bond donors (Lipinski definition) is 2. The van der Waals surface area contributed by atoms with Crippen LogP contribution in [0.25, 0.3) is 0 Å². The summed E-state index contributed by atoms with van der Waals surface area (Å²) in [6, 6.07) is 0. The van der Waals surface area contributed by atoms with Crippen molar-refractivity contribution in [2.75, 3.05) is 5.75 Å². The Balaban J connectivity index is 0.00000144. The Morgan fingerprint density at radius 3 is 2.23 bits per heavy atom. The molecule has 1 fully saturated rings. The van der Waals surface area contributed by atoms with Crippen LogP contribution in [0.5, 0.6) is 0 Å². The van der Waals surface area contributed by atoms with Crippen LogP contribution in [-0.2, 0) is 10.0 Å². The number of nitrogens with one attached hydrogen (secondary N) is 1. The molecule has 0 aliphatic heterocycles. The molecule has 1 rings (SSSR count). The molecule has 13 heavy (non-hydrogen) atoms. The molecular weight excluding hydrogens is 192 g/mol. The molecule has 1 aliphatic rings. The number of hydrazine groups is 1. The van der Waals surface area contributed by atoms with E-state index >= 15 is 0 Å². The Hall–Kier alpha value is -0.170. The molecule has 0 unspecified atom stereocenters. The molecule has 0 bridgehead atoms. The van der Waals surface area contributed by atoms with Crippen LogP contribution in [0.3, 0.4) is 0 Å². The zero-order valence-electron chi connectivity index (χ0n) is 7.62. The van der Waals surface area contributed by atoms with E-state index in [1.807, 2.05) is 4.83 Å². The smallest absolute Gasteiger partial charge is 0.224 e. The second-order valence-electron chi connectivity index (χ2n) is 3.40. The van der Waals surface area contributed by atoms with Gasteiger partial charge in [-0.1, -0.05) is 19.3 Å². The lowest BCUT2D eigenvalue weighted by Crippen LogP contribution is -2.35. The fourth-order valence-corrected chi connectivity index (χ4v) is 2.76. The van der Waals surface area contributed by atoms with E-state index in [4.69, 9.17) is 5.84 Å². The molecule has 0 aromatic carbocycles. The number of sulfonamides is 1. The number of nitrogens with two attached hydrogens (primary N) is 1. The predicted octanol–water partition coefficient (Wildman–Crippen LogP) is -0.465. The molecule has 0 spiro atoms. The van der Waals surface area contributed by atoms with Gasteiger partial charge in [-0.2, -0.15) is 4.83 Å². The summed E-state index contributed by atoms with van der Waals surface area (Å²) < 4.78 is 22.1. The van der Waals surface area contributed by atoms with Gasteiger partial charge in [-0.25, -0.2) is 8.42 Å². The van der Waals surface area contributed by atoms with Crippen LogP contribution in [0, 0.1) is 5.92 Å². The van der Waals surface area contributed by atoms with Gasteiger partial charge in [0.05, 0.1) is 5.75 Å². The van der Waals surface area contributed by atoms with Crippen molar-refractivity contribution in [2.24, 2.45) is 11.8 Å². The van der Waals surface area contributed by atoms with E-state index in [9.17, 15) is 8.42 Å². The van der Waals surface area contributed by atoms with E-state index < -0.39 is 10.0 Å². The van der Waals surface area contributed by atoms with Crippen LogP contribution < -0.4 is 10.7 Å². The maximum atomic E-state index is 11.0. The van der Waals surface area contributed by atoms with Crippen molar-refractivity contribution in [3.05, 3.63) is 0 Å². The van der Waals surface area contributed by atoms with E-state index in [-0.39, 0.29) is 11.2 Å². The second-order valence-corrected chi connectivity index (χ2v) is 5.20. The Morgan fingerprint density at radius 2 is 1.77 bits per heavy atom. The van der Waals surface area contributed by atoms with Crippen LogP contribution in [0.4, 0.5) is 0 Å². The normalized spacial score (nSPS) is 19.5. The molecule has 1 aliphatic carbocycles. The van der Waals surface area contributed by atoms with E-state index in [1.165, 1.54) is 6.42 Å². The van der Waals surface area contributed by atoms with Crippen LogP contribution in [0.1, 0.15) is 32.1 Å². The highest BCUT2D eigenvalue weighted by molar-refractivity contribution is 7.89. The van der Waals surface area contributed by atoms with Gasteiger partial charge in [0, 0.05) is 0 Å². The predicted molar refractivity (Wildman–Crippen MR) is 51.3 cm³/mol. The summed E-state index contributed by atoms with van der Waals surface area (Å²) in [5, 5.41) is 0. The molecule has 80 valence electrons. The van der Waals surface area contributed by atoms with Gasteiger partial charge in [-0.15, -0.1) is 0 Å². The van der Waals surface area contributed by atoms with Crippen molar-refractivity contribution in [3.8, 4) is 0 Å². The number of rotatable bonds is 3. The fraction of sp³-hybridized carbons (Fsp3) is 1.00. The molecule has 5 N–H and O–H groups in total. The Morgan fingerprint density at radius 1 is 1.23 bits per heavy atom. The molecule has 0 heterocycles. The Bertz CT molecular complexity index is 222. The lowest BCUT2D eigenvalue weighted by molar-refractivity contribution is 0.384. The average molecular weight is 210 g/mol. The van der Waals surface area contributed by atoms with E-state index in [2.05, 4.69) is 0 Å². The molecular formula is C7H18N2O3S. The highest BCUT2D eigenvalue weighted by atomic mass is 32.2. The summed E-state index contributed by atoms with van der Waals surface area (Å²) in [5.74, 6) is 5.40. The van der Waals surface area contributed by atoms with Gasteiger partial charge in [0.2, 0.25) is 10.0 Å². The third kappa shape index (κ3) is 4.56. The third-order valence-electron chi connectivity index (χ3n) is 2.36. The van der Waals surface area contributed by atoms with Crippen LogP contribution in [0.2, 0.25) is 0 Å². The van der Waals surface area contributed by atoms with Crippen molar-refractivity contribution in [1.82, 2.24) is 4.83 Å². The van der Waals surface area contributed by atoms with Crippen molar-refractivity contribution in [3.63, 3.8) is 0 Å². The SMILES string of the molecule is NNS(=O)(=O)CC1CCCCC1.O. The summed E-state index contributed by atoms with van der Waals surface area (Å²) in [7, 11) is -3.19. The minimum Gasteiger partial charge on any atom is -0.412 e. The highest BCUT2D eigenvalue weighted by Crippen LogP contribution is 2.24. The van der Waals surface area contributed by atoms with Crippen LogP contribution in [-0.4, -0.2) is 19.6 Å². The molecule has 1 saturated carbocycles. The van der Waals surface area contributed by atoms with Gasteiger partial charge in [0.15, 0.2) is 0 Å². The molecule has 6 heteroatoms. The average Bonchev–Trinajstić information content (AvgIpc) is 2.06. The summed E-state index contributed by atoms with van der Waals surface area (Å²) in [6.07, 6.45) is 5.62. The van der Waals surface area contributed by atoms with Crippen molar-refractivity contribution in [2.45, 2.75) is 32.1 Å². The lowest BCUT2D eigenvalue weighted by atomic mass is 9.91. The zero-order chi connectivity index (χ0) is 9.03. The van der Waals surface area contributed by atoms with E-state index in [0.29, 0.717) is 5.92 Å². The van der Waals surface area contributed by atoms with E-state index in [0.717, 1.165) is 25.7 Å². The molecule has 0 radical (unpaired) electrons. The summed E-state index contributed by atoms with van der Waals surface area (Å²) in [6.45, 7) is 0. The second kappa shape index (κ2) is 5.54. The van der Waals surface area contributed by atoms with Crippen molar-refractivity contribution in [1.29, 1.82) is 0 Å². The van der Waals surface area contributed by atoms with Gasteiger partial charge in [0.25, 0.3) is 0 Å². The maximum Gasteiger partial charge on any atom is 0.224 e. The molecule has 0 atom stereocenters. The van der Waals surface area contributed by atoms with Crippen molar-refractivity contribution >= 4 is 10.0 Å². The van der Waals surface area contributed by atoms with Crippen molar-refractivity contribution < 1.29 is 13.9 Å². The fourth-order valence-electron chi connectivity index (χ4n) is 1.71. The third-order valence-corrected chi connectivity index (χ3v) is 3.63. The first-order valence-electron chi connectivity index (χ1n) is 4.34. The summed E-state index contributed by atoms with van der Waals surface area (Å²) in [5.41, 5.74) is 0. The topological polar surface area (TPSA) is 104 Å². The quantitative estimate of drug-likeness (QED) is 0.486. The van der Waals surface area contributed by atoms with Crippen LogP contribution >= 0.6 is 0 Å². The first-order valence-corrected chi connectivity index (χ1v) is 5.99. The van der Waals surface area contributed by atoms with Gasteiger partial charge in [-0.3, -0.25) is 5.84 Å². The molecule has 0 saturated heterocycles. The Kier molecular flexibility index (Phi) is 5.46. The Labute approximate surface area is 79.0 Å². The highest BCUT2D eigenvalue weighted by Gasteiger charge is 2.19. The minimum atomic E-state index is -3.19. The van der Waals surface area contributed by atoms with Gasteiger partial charge in [0.1, 0.15) is 0 Å². The summed E-state index contributed by atoms with van der Waals surface area (Å²) >= 11 is 0. The van der Waals surface area contributed by atoms with Gasteiger partial charge in [-0.05, 0) is 18.8 Å². The minimum absolute atomic E-state index is 0. The number of hydrogen-bond acceptors (Lipinski definition) is 3. The van der Waals surface area contributed by atoms with Gasteiger partial charge >= 0.3 is 0 Å². The largest absolute Gasteiger partial charge is 0.412 e. The standard InChI is InChI=1S/C7H16N2O2S.H2O/c8-9-12(10,11)6-7-4-2-1-3-5-7;/h7,9H,1-6,8H2;1H2. The monoisotopic (exact) mass is 210 g/mol. The zero-order valence-corrected chi connectivity index (χ0v) is 8.44. The molecule has 0 amide bonds. The van der Waals surface area contributed by atoms with Gasteiger partial charge < -0.3 is 5.48 Å².